The highest BCUT2D eigenvalue weighted by atomic mass is 127. The molecule has 5 heteroatoms. The molecule has 0 rings (SSSR count). The number of nitrogens with zero attached hydrogens (tertiary/aromatic N) is 1. The fourth-order valence-corrected chi connectivity index (χ4v) is 1.11. The highest BCUT2D eigenvalue weighted by Gasteiger charge is 2.18. The molecule has 0 radical (unpaired) electrons. The Morgan fingerprint density at radius 1 is 1.50 bits per heavy atom. The van der Waals surface area contributed by atoms with Crippen LogP contribution in [0.4, 0.5) is 0 Å². The molecule has 0 N–H and O–H groups in total. The molecule has 0 unspecified atom stereocenters. The van der Waals surface area contributed by atoms with Gasteiger partial charge in [0.05, 0.1) is 20.7 Å². The van der Waals surface area contributed by atoms with Gasteiger partial charge in [-0.05, 0) is 36.4 Å². The molecule has 0 amide bonds. The lowest BCUT2D eigenvalue weighted by Crippen LogP contribution is -2.35. The Kier molecular flexibility index (Phi) is 5.80. The van der Waals surface area contributed by atoms with E-state index >= 15 is 0 Å². The summed E-state index contributed by atoms with van der Waals surface area (Å²) in [4.78, 5) is 0. The molecule has 12 heavy (non-hydrogen) atoms. The maximum absolute atomic E-state index is 5.67. The third kappa shape index (κ3) is 7.91. The van der Waals surface area contributed by atoms with Gasteiger partial charge < -0.3 is 4.74 Å². The summed E-state index contributed by atoms with van der Waals surface area (Å²) >= 11 is 3.58. The molecule has 0 saturated heterocycles. The van der Waals surface area contributed by atoms with Crippen LogP contribution in [0.1, 0.15) is 13.8 Å². The molecule has 0 heterocycles. The second-order valence-corrected chi connectivity index (χ2v) is 7.72. The number of rotatable bonds is 5. The van der Waals surface area contributed by atoms with Crippen LogP contribution in [0.5, 0.6) is 0 Å². The van der Waals surface area contributed by atoms with Crippen molar-refractivity contribution in [3.8, 4) is 0 Å². The van der Waals surface area contributed by atoms with Crippen molar-refractivity contribution in [2.24, 2.45) is 0 Å². The van der Waals surface area contributed by atoms with Gasteiger partial charge in [0.2, 0.25) is 0 Å². The van der Waals surface area contributed by atoms with Gasteiger partial charge in [0.15, 0.2) is 11.2 Å². The van der Waals surface area contributed by atoms with E-state index in [9.17, 15) is 0 Å². The Labute approximate surface area is 97.3 Å². The topological polar surface area (TPSA) is 9.23 Å². The van der Waals surface area contributed by atoms with Crippen molar-refractivity contribution in [3.05, 3.63) is 0 Å². The molecule has 0 aromatic heterocycles. The molecule has 0 fully saturated rings. The highest BCUT2D eigenvalue weighted by Crippen LogP contribution is 2.22. The Hall–Kier alpha value is 1.29. The van der Waals surface area contributed by atoms with Crippen LogP contribution in [0, 0.1) is 0 Å². The van der Waals surface area contributed by atoms with Crippen molar-refractivity contribution in [1.29, 1.82) is 0 Å². The number of hydrogen-bond acceptors (Lipinski definition) is 2. The number of hydrogen-bond donors (Lipinski definition) is 0. The maximum Gasteiger partial charge on any atom is 0.187 e. The number of ether oxygens (including phenoxy) is 1. The average molecular weight is 325 g/mol. The van der Waals surface area contributed by atoms with Gasteiger partial charge in [0.25, 0.3) is 0 Å². The number of alkyl halides is 1. The number of likely N-dealkylation sites (N-methyl/N-ethyl adjacent to an activating group) is 1. The summed E-state index contributed by atoms with van der Waals surface area (Å²) in [5.74, 6) is 0. The van der Waals surface area contributed by atoms with E-state index in [2.05, 4.69) is 36.7 Å². The first-order valence-electron chi connectivity index (χ1n) is 3.73. The first-order valence-corrected chi connectivity index (χ1v) is 6.41. The fourth-order valence-electron chi connectivity index (χ4n) is 0.543. The molecule has 0 aliphatic carbocycles. The summed E-state index contributed by atoms with van der Waals surface area (Å²) < 4.78 is 6.21. The molecule has 74 valence electrons. The minimum atomic E-state index is -0.0747. The summed E-state index contributed by atoms with van der Waals surface area (Å²) in [7, 11) is 9.79. The van der Waals surface area contributed by atoms with Crippen LogP contribution in [0.25, 0.3) is 0 Å². The Bertz CT molecular complexity index is 138. The average Bonchev–Trinajstić information content (AvgIpc) is 1.84. The summed E-state index contributed by atoms with van der Waals surface area (Å²) in [5.41, 5.74) is 0. The van der Waals surface area contributed by atoms with Gasteiger partial charge in [0.1, 0.15) is 10.2 Å². The Balaban J connectivity index is 3.57. The lowest BCUT2D eigenvalue weighted by Gasteiger charge is -2.25. The predicted molar refractivity (Wildman–Crippen MR) is 64.5 cm³/mol. The van der Waals surface area contributed by atoms with E-state index in [-0.39, 0.29) is 3.61 Å². The van der Waals surface area contributed by atoms with Gasteiger partial charge in [-0.1, -0.05) is 0 Å². The van der Waals surface area contributed by atoms with Crippen LogP contribution in [0.2, 0.25) is 0 Å². The first-order chi connectivity index (χ1) is 5.27. The van der Waals surface area contributed by atoms with E-state index in [0.29, 0.717) is 3.89 Å². The normalized spacial score (nSPS) is 13.5. The minimum absolute atomic E-state index is 0.0747. The Morgan fingerprint density at radius 3 is 2.33 bits per heavy atom. The molecule has 0 atom stereocenters. The van der Waals surface area contributed by atoms with Crippen LogP contribution in [0.3, 0.4) is 0 Å². The van der Waals surface area contributed by atoms with Crippen LogP contribution >= 0.6 is 44.4 Å². The van der Waals surface area contributed by atoms with Crippen LogP contribution < -0.4 is 0 Å². The maximum atomic E-state index is 5.67. The zero-order chi connectivity index (χ0) is 9.83. The smallest absolute Gasteiger partial charge is 0.187 e. The second-order valence-electron chi connectivity index (χ2n) is 3.58. The summed E-state index contributed by atoms with van der Waals surface area (Å²) in [6.07, 6.45) is 0. The van der Waals surface area contributed by atoms with Gasteiger partial charge in [-0.3, -0.25) is 3.89 Å². The second kappa shape index (κ2) is 5.24. The van der Waals surface area contributed by atoms with Crippen molar-refractivity contribution in [2.75, 3.05) is 27.2 Å². The third-order valence-corrected chi connectivity index (χ3v) is 3.25. The van der Waals surface area contributed by atoms with Gasteiger partial charge in [-0.25, -0.2) is 0 Å². The lowest BCUT2D eigenvalue weighted by molar-refractivity contribution is -0.750. The van der Waals surface area contributed by atoms with Gasteiger partial charge >= 0.3 is 0 Å². The first kappa shape index (κ1) is 13.3. The third-order valence-electron chi connectivity index (χ3n) is 1.26. The molecule has 0 aromatic rings. The van der Waals surface area contributed by atoms with Crippen LogP contribution in [-0.2, 0) is 4.74 Å². The van der Waals surface area contributed by atoms with Gasteiger partial charge in [-0.15, -0.1) is 0 Å². The zero-order valence-electron chi connectivity index (χ0n) is 7.93. The van der Waals surface area contributed by atoms with E-state index in [1.165, 1.54) is 11.2 Å². The fraction of sp³-hybridized carbons (Fsp3) is 1.00. The van der Waals surface area contributed by atoms with E-state index in [0.717, 1.165) is 13.2 Å². The molecular weight excluding hydrogens is 309 g/mol. The van der Waals surface area contributed by atoms with E-state index in [1.807, 2.05) is 13.8 Å². The van der Waals surface area contributed by atoms with Crippen molar-refractivity contribution in [1.82, 2.24) is 0 Å². The molecule has 2 nitrogen and oxygen atoms in total. The molecule has 0 bridgehead atoms. The van der Waals surface area contributed by atoms with Gasteiger partial charge in [0, 0.05) is 10.7 Å². The number of quaternary nitrogens is 1. The monoisotopic (exact) mass is 324 g/mol. The highest BCUT2D eigenvalue weighted by molar-refractivity contribution is 14.1. The van der Waals surface area contributed by atoms with E-state index in [4.69, 9.17) is 15.4 Å². The Morgan fingerprint density at radius 2 is 2.00 bits per heavy atom. The van der Waals surface area contributed by atoms with Crippen LogP contribution in [-0.4, -0.2) is 34.7 Å². The van der Waals surface area contributed by atoms with Crippen molar-refractivity contribution in [3.63, 3.8) is 0 Å². The largest absolute Gasteiger partial charge is 0.359 e. The summed E-state index contributed by atoms with van der Waals surface area (Å²) in [6, 6.07) is 0. The molecule has 0 saturated carbocycles. The van der Waals surface area contributed by atoms with Crippen molar-refractivity contribution >= 4 is 44.4 Å². The van der Waals surface area contributed by atoms with Crippen molar-refractivity contribution < 1.29 is 8.63 Å². The van der Waals surface area contributed by atoms with Crippen LogP contribution in [0.15, 0.2) is 0 Å². The molecule has 0 spiro atoms. The van der Waals surface area contributed by atoms with E-state index in [1.54, 1.807) is 0 Å². The summed E-state index contributed by atoms with van der Waals surface area (Å²) in [5, 5.41) is 0. The molecule has 0 aliphatic heterocycles. The van der Waals surface area contributed by atoms with Gasteiger partial charge in [-0.2, -0.15) is 0 Å². The zero-order valence-corrected chi connectivity index (χ0v) is 11.7. The lowest BCUT2D eigenvalue weighted by atomic mass is 10.5. The standard InChI is InChI=1S/C7H16ClINOS/c1-7(2,9)11-6-5-10(3,4)12-8/h5-6H2,1-4H3/q+1. The minimum Gasteiger partial charge on any atom is -0.359 e. The predicted octanol–water partition coefficient (Wildman–Crippen LogP) is 3.05. The SMILES string of the molecule is CC(C)(I)OCC[N+](C)(C)SCl. The van der Waals surface area contributed by atoms with E-state index < -0.39 is 0 Å². The molecule has 0 aromatic carbocycles. The summed E-state index contributed by atoms with van der Waals surface area (Å²) in [6.45, 7) is 5.74. The molecule has 0 aliphatic rings. The number of halogens is 2. The molecular formula is C7H16ClINOS+. The van der Waals surface area contributed by atoms with Crippen molar-refractivity contribution in [2.45, 2.75) is 17.5 Å². The quantitative estimate of drug-likeness (QED) is 0.333.